The lowest BCUT2D eigenvalue weighted by molar-refractivity contribution is 0.420. The highest BCUT2D eigenvalue weighted by Gasteiger charge is 2.21. The molecule has 0 amide bonds. The van der Waals surface area contributed by atoms with Crippen molar-refractivity contribution in [2.45, 2.75) is 0 Å². The number of benzene rings is 2. The summed E-state index contributed by atoms with van der Waals surface area (Å²) < 4.78 is 0. The Balaban J connectivity index is 2.56. The molecule has 84 valence electrons. The summed E-state index contributed by atoms with van der Waals surface area (Å²) in [4.78, 5) is 3.17. The average molecular weight is 227 g/mol. The van der Waals surface area contributed by atoms with Gasteiger partial charge in [0.2, 0.25) is 0 Å². The molecule has 0 saturated carbocycles. The highest BCUT2D eigenvalue weighted by molar-refractivity contribution is 6.64. The molecule has 0 atom stereocenters. The molecule has 1 aromatic heterocycles. The molecule has 0 aliphatic heterocycles. The number of hydrogen-bond donors (Lipinski definition) is 4. The number of aromatic amines is 1. The van der Waals surface area contributed by atoms with Crippen LogP contribution in [0.15, 0.2) is 36.4 Å². The second-order valence-corrected chi connectivity index (χ2v) is 3.97. The van der Waals surface area contributed by atoms with E-state index in [0.717, 1.165) is 16.4 Å². The SMILES string of the molecule is OB(O)c1c(O)ccc2[nH]c3ccccc3c12. The predicted molar refractivity (Wildman–Crippen MR) is 67.3 cm³/mol. The quantitative estimate of drug-likeness (QED) is 0.462. The molecule has 0 unspecified atom stereocenters. The number of phenols is 1. The molecule has 0 spiro atoms. The fraction of sp³-hybridized carbons (Fsp3) is 0. The van der Waals surface area contributed by atoms with Crippen LogP contribution in [-0.4, -0.2) is 27.3 Å². The zero-order chi connectivity index (χ0) is 12.0. The fourth-order valence-electron chi connectivity index (χ4n) is 2.22. The van der Waals surface area contributed by atoms with E-state index in [0.29, 0.717) is 5.39 Å². The van der Waals surface area contributed by atoms with Gasteiger partial charge in [-0.2, -0.15) is 0 Å². The van der Waals surface area contributed by atoms with E-state index in [1.54, 1.807) is 6.07 Å². The van der Waals surface area contributed by atoms with Crippen LogP contribution in [0.1, 0.15) is 0 Å². The fourth-order valence-corrected chi connectivity index (χ4v) is 2.22. The Bertz CT molecular complexity index is 705. The normalized spacial score (nSPS) is 11.2. The van der Waals surface area contributed by atoms with Crippen LogP contribution >= 0.6 is 0 Å². The summed E-state index contributed by atoms with van der Waals surface area (Å²) in [5.41, 5.74) is 1.81. The third kappa shape index (κ3) is 1.40. The monoisotopic (exact) mass is 227 g/mol. The Hall–Kier alpha value is -1.98. The third-order valence-electron chi connectivity index (χ3n) is 2.95. The topological polar surface area (TPSA) is 76.5 Å². The number of phenolic OH excluding ortho intramolecular Hbond substituents is 1. The van der Waals surface area contributed by atoms with Gasteiger partial charge in [-0.15, -0.1) is 0 Å². The lowest BCUT2D eigenvalue weighted by Crippen LogP contribution is -2.30. The standard InChI is InChI=1S/C12H10BNO3/c15-10-6-5-9-11(12(10)13(16)17)7-3-1-2-4-8(7)14-9/h1-6,14-17H. The van der Waals surface area contributed by atoms with Crippen molar-refractivity contribution in [1.29, 1.82) is 0 Å². The number of para-hydroxylation sites is 1. The number of nitrogens with one attached hydrogen (secondary N) is 1. The van der Waals surface area contributed by atoms with Crippen molar-refractivity contribution in [1.82, 2.24) is 4.98 Å². The maximum Gasteiger partial charge on any atom is 0.492 e. The molecule has 4 N–H and O–H groups in total. The Labute approximate surface area is 97.3 Å². The van der Waals surface area contributed by atoms with Gasteiger partial charge in [-0.25, -0.2) is 0 Å². The maximum absolute atomic E-state index is 9.72. The van der Waals surface area contributed by atoms with Crippen LogP contribution in [0.5, 0.6) is 5.75 Å². The molecule has 0 aliphatic carbocycles. The Morgan fingerprint density at radius 2 is 1.71 bits per heavy atom. The number of fused-ring (bicyclic) bond motifs is 3. The second kappa shape index (κ2) is 3.51. The van der Waals surface area contributed by atoms with Gasteiger partial charge in [0.1, 0.15) is 5.75 Å². The van der Waals surface area contributed by atoms with Crippen molar-refractivity contribution in [3.63, 3.8) is 0 Å². The molecule has 3 aromatic rings. The van der Waals surface area contributed by atoms with Gasteiger partial charge in [-0.05, 0) is 18.2 Å². The first-order valence-corrected chi connectivity index (χ1v) is 5.27. The first-order chi connectivity index (χ1) is 8.18. The molecule has 4 nitrogen and oxygen atoms in total. The maximum atomic E-state index is 9.72. The summed E-state index contributed by atoms with van der Waals surface area (Å²) in [6.07, 6.45) is 0. The van der Waals surface area contributed by atoms with Crippen molar-refractivity contribution < 1.29 is 15.2 Å². The van der Waals surface area contributed by atoms with Crippen LogP contribution in [0.3, 0.4) is 0 Å². The summed E-state index contributed by atoms with van der Waals surface area (Å²) in [5.74, 6) is -0.114. The van der Waals surface area contributed by atoms with E-state index in [9.17, 15) is 15.2 Å². The highest BCUT2D eigenvalue weighted by Crippen LogP contribution is 2.26. The van der Waals surface area contributed by atoms with Crippen LogP contribution in [0, 0.1) is 0 Å². The molecule has 0 fully saturated rings. The van der Waals surface area contributed by atoms with Gasteiger partial charge in [0, 0.05) is 27.3 Å². The summed E-state index contributed by atoms with van der Waals surface area (Å²) in [7, 11) is -1.70. The number of aromatic nitrogens is 1. The van der Waals surface area contributed by atoms with Crippen LogP contribution in [0.2, 0.25) is 0 Å². The molecule has 0 aliphatic rings. The molecule has 2 aromatic carbocycles. The zero-order valence-electron chi connectivity index (χ0n) is 8.88. The smallest absolute Gasteiger partial charge is 0.492 e. The van der Waals surface area contributed by atoms with Crippen LogP contribution in [0.25, 0.3) is 21.8 Å². The van der Waals surface area contributed by atoms with Crippen molar-refractivity contribution >= 4 is 34.4 Å². The molecule has 5 heteroatoms. The predicted octanol–water partition coefficient (Wildman–Crippen LogP) is 0.706. The van der Waals surface area contributed by atoms with Crippen LogP contribution in [0.4, 0.5) is 0 Å². The Morgan fingerprint density at radius 1 is 0.941 bits per heavy atom. The van der Waals surface area contributed by atoms with E-state index in [2.05, 4.69) is 4.98 Å². The van der Waals surface area contributed by atoms with E-state index < -0.39 is 7.12 Å². The molecule has 0 radical (unpaired) electrons. The minimum atomic E-state index is -1.70. The molecule has 17 heavy (non-hydrogen) atoms. The largest absolute Gasteiger partial charge is 0.508 e. The third-order valence-corrected chi connectivity index (χ3v) is 2.95. The molecule has 3 rings (SSSR count). The molecular formula is C12H10BNO3. The average Bonchev–Trinajstić information content (AvgIpc) is 2.67. The van der Waals surface area contributed by atoms with Crippen molar-refractivity contribution in [3.8, 4) is 5.75 Å². The van der Waals surface area contributed by atoms with Gasteiger partial charge in [0.25, 0.3) is 0 Å². The lowest BCUT2D eigenvalue weighted by atomic mass is 9.76. The van der Waals surface area contributed by atoms with E-state index in [1.807, 2.05) is 24.3 Å². The number of hydrogen-bond acceptors (Lipinski definition) is 3. The van der Waals surface area contributed by atoms with E-state index in [1.165, 1.54) is 6.07 Å². The first-order valence-electron chi connectivity index (χ1n) is 5.27. The highest BCUT2D eigenvalue weighted by atomic mass is 16.4. The van der Waals surface area contributed by atoms with E-state index in [4.69, 9.17) is 0 Å². The van der Waals surface area contributed by atoms with E-state index in [-0.39, 0.29) is 11.2 Å². The van der Waals surface area contributed by atoms with Gasteiger partial charge < -0.3 is 20.1 Å². The summed E-state index contributed by atoms with van der Waals surface area (Å²) in [6, 6.07) is 10.7. The summed E-state index contributed by atoms with van der Waals surface area (Å²) >= 11 is 0. The van der Waals surface area contributed by atoms with Gasteiger partial charge >= 0.3 is 7.12 Å². The van der Waals surface area contributed by atoms with Crippen molar-refractivity contribution in [2.75, 3.05) is 0 Å². The first kappa shape index (κ1) is 10.2. The minimum Gasteiger partial charge on any atom is -0.508 e. The number of H-pyrrole nitrogens is 1. The van der Waals surface area contributed by atoms with Crippen molar-refractivity contribution in [2.24, 2.45) is 0 Å². The Morgan fingerprint density at radius 3 is 2.47 bits per heavy atom. The number of rotatable bonds is 1. The van der Waals surface area contributed by atoms with Gasteiger partial charge in [-0.1, -0.05) is 18.2 Å². The van der Waals surface area contributed by atoms with Gasteiger partial charge in [0.05, 0.1) is 0 Å². The van der Waals surface area contributed by atoms with Crippen LogP contribution in [-0.2, 0) is 0 Å². The lowest BCUT2D eigenvalue weighted by Gasteiger charge is -2.05. The zero-order valence-corrected chi connectivity index (χ0v) is 8.88. The van der Waals surface area contributed by atoms with E-state index >= 15 is 0 Å². The molecule has 0 bridgehead atoms. The van der Waals surface area contributed by atoms with Gasteiger partial charge in [0.15, 0.2) is 0 Å². The summed E-state index contributed by atoms with van der Waals surface area (Å²) in [5, 5.41) is 30.0. The Kier molecular flexibility index (Phi) is 2.11. The number of aromatic hydroxyl groups is 1. The molecule has 1 heterocycles. The molecule has 0 saturated heterocycles. The van der Waals surface area contributed by atoms with Crippen LogP contribution < -0.4 is 5.46 Å². The molecular weight excluding hydrogens is 217 g/mol. The van der Waals surface area contributed by atoms with Gasteiger partial charge in [-0.3, -0.25) is 0 Å². The second-order valence-electron chi connectivity index (χ2n) is 3.97. The van der Waals surface area contributed by atoms with Crippen molar-refractivity contribution in [3.05, 3.63) is 36.4 Å². The minimum absolute atomic E-state index is 0.114. The summed E-state index contributed by atoms with van der Waals surface area (Å²) in [6.45, 7) is 0.